The lowest BCUT2D eigenvalue weighted by Gasteiger charge is -2.45. The fraction of sp³-hybridized carbons (Fsp3) is 0.765. The zero-order chi connectivity index (χ0) is 47.5. The van der Waals surface area contributed by atoms with Crippen LogP contribution in [0.5, 0.6) is 0 Å². The molecule has 1 aromatic carbocycles. The first-order chi connectivity index (χ1) is 31.4. The molecular formula is C51H84N2O12. The molecule has 0 spiro atoms. The predicted molar refractivity (Wildman–Crippen MR) is 249 cm³/mol. The first-order valence-corrected chi connectivity index (χ1v) is 25.0. The van der Waals surface area contributed by atoms with Gasteiger partial charge in [0.15, 0.2) is 18.5 Å². The third-order valence-electron chi connectivity index (χ3n) is 11.6. The number of hydrogen-bond acceptors (Lipinski definition) is 12. The molecule has 370 valence electrons. The quantitative estimate of drug-likeness (QED) is 0.0367. The van der Waals surface area contributed by atoms with Gasteiger partial charge < -0.3 is 39.1 Å². The Kier molecular flexibility index (Phi) is 31.7. The summed E-state index contributed by atoms with van der Waals surface area (Å²) in [6, 6.07) is 6.95. The van der Waals surface area contributed by atoms with E-state index in [-0.39, 0.29) is 50.9 Å². The normalized spacial score (nSPS) is 18.6. The maximum atomic E-state index is 13.5. The molecule has 1 heterocycles. The van der Waals surface area contributed by atoms with Crippen molar-refractivity contribution >= 4 is 35.7 Å². The Hall–Kier alpha value is -4.04. The lowest BCUT2D eigenvalue weighted by Crippen LogP contribution is -2.66. The van der Waals surface area contributed by atoms with Crippen LogP contribution < -0.4 is 10.6 Å². The van der Waals surface area contributed by atoms with Crippen LogP contribution >= 0.6 is 0 Å². The second-order valence-electron chi connectivity index (χ2n) is 17.5. The highest BCUT2D eigenvalue weighted by molar-refractivity contribution is 5.84. The number of hydrogen-bond donors (Lipinski definition) is 2. The van der Waals surface area contributed by atoms with E-state index in [9.17, 15) is 28.8 Å². The fourth-order valence-electron chi connectivity index (χ4n) is 8.00. The lowest BCUT2D eigenvalue weighted by molar-refractivity contribution is -0.278. The first-order valence-electron chi connectivity index (χ1n) is 25.0. The van der Waals surface area contributed by atoms with Crippen LogP contribution in [0.4, 0.5) is 0 Å². The van der Waals surface area contributed by atoms with Gasteiger partial charge in [-0.2, -0.15) is 0 Å². The number of nitrogens with one attached hydrogen (secondary N) is 2. The van der Waals surface area contributed by atoms with Crippen molar-refractivity contribution in [1.82, 2.24) is 10.6 Å². The number of ether oxygens (including phenoxy) is 6. The van der Waals surface area contributed by atoms with E-state index in [4.69, 9.17) is 28.4 Å². The molecule has 2 amide bonds. The van der Waals surface area contributed by atoms with Crippen molar-refractivity contribution in [2.45, 2.75) is 238 Å². The summed E-state index contributed by atoms with van der Waals surface area (Å²) in [7, 11) is 0. The summed E-state index contributed by atoms with van der Waals surface area (Å²) < 4.78 is 34.7. The van der Waals surface area contributed by atoms with Gasteiger partial charge >= 0.3 is 23.9 Å². The van der Waals surface area contributed by atoms with Gasteiger partial charge in [-0.05, 0) is 18.4 Å². The first kappa shape index (κ1) is 57.1. The molecule has 1 fully saturated rings. The van der Waals surface area contributed by atoms with Crippen LogP contribution in [0.25, 0.3) is 0 Å². The van der Waals surface area contributed by atoms with Crippen LogP contribution in [-0.2, 0) is 63.8 Å². The average Bonchev–Trinajstić information content (AvgIpc) is 3.27. The number of amides is 2. The van der Waals surface area contributed by atoms with Gasteiger partial charge in [0.25, 0.3) is 0 Å². The molecule has 1 aliphatic heterocycles. The Bertz CT molecular complexity index is 1480. The molecule has 0 bridgehead atoms. The highest BCUT2D eigenvalue weighted by atomic mass is 16.7. The standard InChI is InChI=1S/C51H84N2O12/c1-6-8-10-12-14-16-18-20-22-24-29-33-45(57)52-43(50(59)62-37-42-31-27-26-28-32-42)35-36-60-51-47(53-46(58)34-30-25-23-21-19-17-15-13-11-9-7-2)49(64-41(5)56)48(63-40(4)55)44(65-51)38-61-39(3)54/h26-28,31-32,43-44,47-49,51H,6-25,29-30,33-38H2,1-5H3,(H,52,57)(H,53,58)/t43-,44+,47+,48+,49+,51+/m0/s1. The summed E-state index contributed by atoms with van der Waals surface area (Å²) >= 11 is 0. The molecule has 1 saturated heterocycles. The number of rotatable bonds is 37. The van der Waals surface area contributed by atoms with Crippen LogP contribution in [0, 0.1) is 0 Å². The summed E-state index contributed by atoms with van der Waals surface area (Å²) in [4.78, 5) is 77.1. The summed E-state index contributed by atoms with van der Waals surface area (Å²) in [6.07, 6.45) is 20.3. The largest absolute Gasteiger partial charge is 0.463 e. The molecular weight excluding hydrogens is 833 g/mol. The predicted octanol–water partition coefficient (Wildman–Crippen LogP) is 9.66. The van der Waals surface area contributed by atoms with Gasteiger partial charge in [-0.15, -0.1) is 0 Å². The van der Waals surface area contributed by atoms with E-state index in [1.54, 1.807) is 0 Å². The SMILES string of the molecule is CCCCCCCCCCCCCC(=O)N[C@H]1[C@H](OCC[C@H](NC(=O)CCCCCCCCCCCCC)C(=O)OCc2ccccc2)O[C@H](COC(C)=O)[C@@H](OC(C)=O)[C@@H]1OC(C)=O. The minimum atomic E-state index is -1.32. The summed E-state index contributed by atoms with van der Waals surface area (Å²) in [6.45, 7) is 7.46. The Morgan fingerprint density at radius 1 is 0.585 bits per heavy atom. The van der Waals surface area contributed by atoms with Crippen molar-refractivity contribution in [2.75, 3.05) is 13.2 Å². The zero-order valence-corrected chi connectivity index (χ0v) is 40.5. The van der Waals surface area contributed by atoms with Crippen LogP contribution in [0.15, 0.2) is 30.3 Å². The monoisotopic (exact) mass is 917 g/mol. The van der Waals surface area contributed by atoms with Crippen LogP contribution in [0.3, 0.4) is 0 Å². The van der Waals surface area contributed by atoms with Gasteiger partial charge in [-0.3, -0.25) is 24.0 Å². The van der Waals surface area contributed by atoms with E-state index >= 15 is 0 Å². The van der Waals surface area contributed by atoms with E-state index in [0.29, 0.717) is 12.8 Å². The topological polar surface area (TPSA) is 182 Å². The van der Waals surface area contributed by atoms with E-state index in [2.05, 4.69) is 24.5 Å². The average molecular weight is 917 g/mol. The Balaban J connectivity index is 2.15. The van der Waals surface area contributed by atoms with E-state index in [1.807, 2.05) is 30.3 Å². The molecule has 65 heavy (non-hydrogen) atoms. The minimum Gasteiger partial charge on any atom is -0.463 e. The van der Waals surface area contributed by atoms with Crippen molar-refractivity contribution in [3.8, 4) is 0 Å². The third kappa shape index (κ3) is 27.3. The van der Waals surface area contributed by atoms with Crippen molar-refractivity contribution < 1.29 is 57.2 Å². The van der Waals surface area contributed by atoms with Gasteiger partial charge in [-0.1, -0.05) is 173 Å². The van der Waals surface area contributed by atoms with Crippen LogP contribution in [0.2, 0.25) is 0 Å². The highest BCUT2D eigenvalue weighted by Gasteiger charge is 2.51. The molecule has 2 rings (SSSR count). The van der Waals surface area contributed by atoms with Gasteiger partial charge in [0.2, 0.25) is 11.8 Å². The van der Waals surface area contributed by atoms with Gasteiger partial charge in [0.05, 0.1) is 6.61 Å². The van der Waals surface area contributed by atoms with Crippen LogP contribution in [-0.4, -0.2) is 85.6 Å². The smallest absolute Gasteiger partial charge is 0.329 e. The van der Waals surface area contributed by atoms with Crippen LogP contribution in [0.1, 0.15) is 201 Å². The molecule has 14 heteroatoms. The van der Waals surface area contributed by atoms with Gasteiger partial charge in [-0.25, -0.2) is 4.79 Å². The summed E-state index contributed by atoms with van der Waals surface area (Å²) in [5.41, 5.74) is 0.781. The second kappa shape index (κ2) is 36.1. The Morgan fingerprint density at radius 3 is 1.55 bits per heavy atom. The zero-order valence-electron chi connectivity index (χ0n) is 40.5. The molecule has 2 N–H and O–H groups in total. The number of unbranched alkanes of at least 4 members (excludes halogenated alkanes) is 20. The van der Waals surface area contributed by atoms with Gasteiger partial charge in [0, 0.05) is 40.0 Å². The van der Waals surface area contributed by atoms with E-state index in [0.717, 1.165) is 44.1 Å². The molecule has 1 aliphatic rings. The van der Waals surface area contributed by atoms with Crippen molar-refractivity contribution in [1.29, 1.82) is 0 Å². The lowest BCUT2D eigenvalue weighted by atomic mass is 9.95. The molecule has 0 aromatic heterocycles. The third-order valence-corrected chi connectivity index (χ3v) is 11.6. The second-order valence-corrected chi connectivity index (χ2v) is 17.5. The maximum Gasteiger partial charge on any atom is 0.329 e. The fourth-order valence-corrected chi connectivity index (χ4v) is 8.00. The molecule has 0 radical (unpaired) electrons. The number of esters is 4. The van der Waals surface area contributed by atoms with E-state index in [1.165, 1.54) is 111 Å². The number of carbonyl (C=O) groups is 6. The maximum absolute atomic E-state index is 13.5. The Morgan fingerprint density at radius 2 is 1.06 bits per heavy atom. The number of carbonyl (C=O) groups excluding carboxylic acids is 6. The van der Waals surface area contributed by atoms with E-state index < -0.39 is 60.6 Å². The molecule has 1 aromatic rings. The Labute approximate surface area is 390 Å². The van der Waals surface area contributed by atoms with Crippen molar-refractivity contribution in [3.05, 3.63) is 35.9 Å². The van der Waals surface area contributed by atoms with Gasteiger partial charge in [0.1, 0.15) is 31.4 Å². The molecule has 0 saturated carbocycles. The molecule has 0 aliphatic carbocycles. The molecule has 6 atom stereocenters. The van der Waals surface area contributed by atoms with Crippen molar-refractivity contribution in [2.24, 2.45) is 0 Å². The number of benzene rings is 1. The molecule has 0 unspecified atom stereocenters. The van der Waals surface area contributed by atoms with Crippen molar-refractivity contribution in [3.63, 3.8) is 0 Å². The summed E-state index contributed by atoms with van der Waals surface area (Å²) in [5, 5.41) is 5.75. The summed E-state index contributed by atoms with van der Waals surface area (Å²) in [5.74, 6) is -3.34. The minimum absolute atomic E-state index is 0.00387. The molecule has 14 nitrogen and oxygen atoms in total. The highest BCUT2D eigenvalue weighted by Crippen LogP contribution is 2.29.